The number of phenols is 1. The summed E-state index contributed by atoms with van der Waals surface area (Å²) >= 11 is 0. The maximum absolute atomic E-state index is 12.6. The summed E-state index contributed by atoms with van der Waals surface area (Å²) in [4.78, 5) is 12.6. The third kappa shape index (κ3) is 4.42. The minimum atomic E-state index is -0.260. The van der Waals surface area contributed by atoms with Gasteiger partial charge in [0, 0.05) is 25.2 Å². The summed E-state index contributed by atoms with van der Waals surface area (Å²) in [6, 6.07) is 13.2. The van der Waals surface area contributed by atoms with Crippen LogP contribution >= 0.6 is 0 Å². The molecule has 1 aliphatic heterocycles. The maximum Gasteiger partial charge on any atom is 0.255 e. The summed E-state index contributed by atoms with van der Waals surface area (Å²) in [5.41, 5.74) is 2.20. The van der Waals surface area contributed by atoms with Crippen molar-refractivity contribution in [3.8, 4) is 11.5 Å². The first-order valence-corrected chi connectivity index (χ1v) is 9.43. The number of nitrogens with one attached hydrogen (secondary N) is 1. The van der Waals surface area contributed by atoms with Crippen LogP contribution in [0.5, 0.6) is 11.5 Å². The van der Waals surface area contributed by atoms with Crippen molar-refractivity contribution in [1.29, 1.82) is 0 Å². The van der Waals surface area contributed by atoms with Gasteiger partial charge in [-0.25, -0.2) is 0 Å². The van der Waals surface area contributed by atoms with Crippen LogP contribution in [0.15, 0.2) is 42.5 Å². The Hall–Kier alpha value is -2.53. The van der Waals surface area contributed by atoms with Crippen molar-refractivity contribution >= 4 is 5.91 Å². The molecule has 0 atom stereocenters. The lowest BCUT2D eigenvalue weighted by Crippen LogP contribution is -2.44. The van der Waals surface area contributed by atoms with Gasteiger partial charge in [-0.3, -0.25) is 4.79 Å². The number of carbonyl (C=O) groups is 1. The highest BCUT2D eigenvalue weighted by atomic mass is 16.5. The van der Waals surface area contributed by atoms with Gasteiger partial charge >= 0.3 is 0 Å². The first-order chi connectivity index (χ1) is 13.0. The lowest BCUT2D eigenvalue weighted by molar-refractivity contribution is 0.0486. The zero-order valence-electron chi connectivity index (χ0n) is 16.0. The van der Waals surface area contributed by atoms with E-state index in [0.717, 1.165) is 24.2 Å². The van der Waals surface area contributed by atoms with Crippen molar-refractivity contribution in [2.75, 3.05) is 26.4 Å². The highest BCUT2D eigenvalue weighted by Gasteiger charge is 2.35. The Morgan fingerprint density at radius 3 is 2.52 bits per heavy atom. The first-order valence-electron chi connectivity index (χ1n) is 9.43. The highest BCUT2D eigenvalue weighted by molar-refractivity contribution is 5.96. The molecule has 0 aromatic heterocycles. The van der Waals surface area contributed by atoms with E-state index in [1.54, 1.807) is 12.1 Å². The average Bonchev–Trinajstić information content (AvgIpc) is 2.68. The first kappa shape index (κ1) is 19.2. The van der Waals surface area contributed by atoms with Gasteiger partial charge in [-0.05, 0) is 62.1 Å². The second kappa shape index (κ2) is 8.44. The second-order valence-electron chi connectivity index (χ2n) is 7.05. The Labute approximate surface area is 160 Å². The third-order valence-electron chi connectivity index (χ3n) is 5.21. The van der Waals surface area contributed by atoms with Crippen molar-refractivity contribution in [1.82, 2.24) is 5.32 Å². The molecular formula is C22H27NO4. The van der Waals surface area contributed by atoms with Crippen LogP contribution in [-0.2, 0) is 10.2 Å². The smallest absolute Gasteiger partial charge is 0.255 e. The molecule has 1 aliphatic rings. The van der Waals surface area contributed by atoms with Crippen molar-refractivity contribution in [2.45, 2.75) is 32.1 Å². The third-order valence-corrected chi connectivity index (χ3v) is 5.21. The van der Waals surface area contributed by atoms with E-state index in [0.29, 0.717) is 31.9 Å². The van der Waals surface area contributed by atoms with Gasteiger partial charge in [-0.15, -0.1) is 0 Å². The van der Waals surface area contributed by atoms with E-state index in [2.05, 4.69) is 17.4 Å². The van der Waals surface area contributed by atoms with Crippen LogP contribution in [0.3, 0.4) is 0 Å². The van der Waals surface area contributed by atoms with Crippen LogP contribution in [0.25, 0.3) is 0 Å². The van der Waals surface area contributed by atoms with Crippen molar-refractivity contribution in [3.63, 3.8) is 0 Å². The molecule has 5 heteroatoms. The van der Waals surface area contributed by atoms with E-state index in [-0.39, 0.29) is 17.1 Å². The number of aromatic hydroxyl groups is 1. The van der Waals surface area contributed by atoms with Gasteiger partial charge in [0.15, 0.2) is 0 Å². The molecule has 1 saturated heterocycles. The second-order valence-corrected chi connectivity index (χ2v) is 7.05. The molecule has 5 nitrogen and oxygen atoms in total. The fourth-order valence-electron chi connectivity index (χ4n) is 3.58. The molecule has 27 heavy (non-hydrogen) atoms. The van der Waals surface area contributed by atoms with Gasteiger partial charge in [0.1, 0.15) is 11.5 Å². The molecule has 2 aromatic rings. The molecule has 2 N–H and O–H groups in total. The summed E-state index contributed by atoms with van der Waals surface area (Å²) in [5.74, 6) is 0.593. The van der Waals surface area contributed by atoms with E-state index >= 15 is 0 Å². The van der Waals surface area contributed by atoms with Gasteiger partial charge in [0.2, 0.25) is 0 Å². The molecule has 0 spiro atoms. The SMILES string of the molecule is CCOc1ccc(C2(CNC(=O)c3ccc(C)cc3O)CCOCC2)cc1. The molecule has 1 heterocycles. The van der Waals surface area contributed by atoms with E-state index in [4.69, 9.17) is 9.47 Å². The van der Waals surface area contributed by atoms with E-state index in [9.17, 15) is 9.90 Å². The van der Waals surface area contributed by atoms with E-state index in [1.165, 1.54) is 5.56 Å². The molecule has 1 fully saturated rings. The number of aryl methyl sites for hydroxylation is 1. The van der Waals surface area contributed by atoms with Crippen molar-refractivity contribution in [2.24, 2.45) is 0 Å². The minimum absolute atomic E-state index is 0.00888. The molecule has 0 bridgehead atoms. The summed E-state index contributed by atoms with van der Waals surface area (Å²) in [5, 5.41) is 13.1. The summed E-state index contributed by atoms with van der Waals surface area (Å²) < 4.78 is 11.1. The molecule has 3 rings (SSSR count). The van der Waals surface area contributed by atoms with Crippen LogP contribution < -0.4 is 10.1 Å². The molecule has 2 aromatic carbocycles. The summed E-state index contributed by atoms with van der Waals surface area (Å²) in [6.07, 6.45) is 1.67. The lowest BCUT2D eigenvalue weighted by Gasteiger charge is -2.38. The molecule has 0 radical (unpaired) electrons. The Kier molecular flexibility index (Phi) is 6.01. The predicted octanol–water partition coefficient (Wildman–Crippen LogP) is 3.58. The number of hydrogen-bond acceptors (Lipinski definition) is 4. The Bertz CT molecular complexity index is 779. The molecule has 0 saturated carbocycles. The quantitative estimate of drug-likeness (QED) is 0.817. The van der Waals surface area contributed by atoms with Gasteiger partial charge in [0.25, 0.3) is 5.91 Å². The average molecular weight is 369 g/mol. The maximum atomic E-state index is 12.6. The molecular weight excluding hydrogens is 342 g/mol. The number of carbonyl (C=O) groups excluding carboxylic acids is 1. The normalized spacial score (nSPS) is 15.9. The van der Waals surface area contributed by atoms with Crippen molar-refractivity contribution < 1.29 is 19.4 Å². The number of benzene rings is 2. The molecule has 0 unspecified atom stereocenters. The van der Waals surface area contributed by atoms with Crippen LogP contribution in [0.2, 0.25) is 0 Å². The minimum Gasteiger partial charge on any atom is -0.507 e. The number of phenolic OH excluding ortho intramolecular Hbond substituents is 1. The highest BCUT2D eigenvalue weighted by Crippen LogP contribution is 2.35. The van der Waals surface area contributed by atoms with E-state index < -0.39 is 0 Å². The number of amides is 1. The standard InChI is InChI=1S/C22H27NO4/c1-3-27-18-7-5-17(6-8-18)22(10-12-26-13-11-22)15-23-21(25)19-9-4-16(2)14-20(19)24/h4-9,14,24H,3,10-13,15H2,1-2H3,(H,23,25). The number of ether oxygens (including phenoxy) is 2. The van der Waals surface area contributed by atoms with Crippen LogP contribution in [0.4, 0.5) is 0 Å². The Morgan fingerprint density at radius 1 is 1.19 bits per heavy atom. The number of rotatable bonds is 6. The van der Waals surface area contributed by atoms with Crippen LogP contribution in [-0.4, -0.2) is 37.4 Å². The van der Waals surface area contributed by atoms with Gasteiger partial charge in [-0.2, -0.15) is 0 Å². The van der Waals surface area contributed by atoms with Crippen molar-refractivity contribution in [3.05, 3.63) is 59.2 Å². The summed E-state index contributed by atoms with van der Waals surface area (Å²) in [7, 11) is 0. The topological polar surface area (TPSA) is 67.8 Å². The Balaban J connectivity index is 1.77. The zero-order chi connectivity index (χ0) is 19.3. The van der Waals surface area contributed by atoms with Gasteiger partial charge in [0.05, 0.1) is 12.2 Å². The molecule has 0 aliphatic carbocycles. The summed E-state index contributed by atoms with van der Waals surface area (Å²) in [6.45, 7) is 6.30. The van der Waals surface area contributed by atoms with E-state index in [1.807, 2.05) is 32.0 Å². The number of hydrogen-bond donors (Lipinski definition) is 2. The molecule has 144 valence electrons. The largest absolute Gasteiger partial charge is 0.507 e. The fourth-order valence-corrected chi connectivity index (χ4v) is 3.58. The lowest BCUT2D eigenvalue weighted by atomic mass is 9.74. The zero-order valence-corrected chi connectivity index (χ0v) is 16.0. The predicted molar refractivity (Wildman–Crippen MR) is 105 cm³/mol. The van der Waals surface area contributed by atoms with Gasteiger partial charge in [-0.1, -0.05) is 18.2 Å². The van der Waals surface area contributed by atoms with Crippen LogP contribution in [0.1, 0.15) is 41.3 Å². The Morgan fingerprint density at radius 2 is 1.89 bits per heavy atom. The fraction of sp³-hybridized carbons (Fsp3) is 0.409. The van der Waals surface area contributed by atoms with Crippen LogP contribution in [0, 0.1) is 6.92 Å². The molecule has 1 amide bonds. The monoisotopic (exact) mass is 369 g/mol. The van der Waals surface area contributed by atoms with Gasteiger partial charge < -0.3 is 19.9 Å².